The Bertz CT molecular complexity index is 526. The van der Waals surface area contributed by atoms with Gasteiger partial charge in [-0.25, -0.2) is 0 Å². The van der Waals surface area contributed by atoms with Crippen LogP contribution >= 0.6 is 0 Å². The highest BCUT2D eigenvalue weighted by atomic mass is 16.5. The van der Waals surface area contributed by atoms with Crippen molar-refractivity contribution in [3.63, 3.8) is 0 Å². The summed E-state index contributed by atoms with van der Waals surface area (Å²) in [6, 6.07) is 8.70. The fraction of sp³-hybridized carbons (Fsp3) is 0.444. The fourth-order valence-electron chi connectivity index (χ4n) is 2.61. The third-order valence-corrected chi connectivity index (χ3v) is 3.41. The van der Waals surface area contributed by atoms with Gasteiger partial charge in [0.2, 0.25) is 0 Å². The molecule has 0 aliphatic carbocycles. The molecule has 0 saturated carbocycles. The zero-order chi connectivity index (χ0) is 14.5. The fourth-order valence-corrected chi connectivity index (χ4v) is 2.61. The van der Waals surface area contributed by atoms with Gasteiger partial charge in [0.05, 0.1) is 24.7 Å². The lowest BCUT2D eigenvalue weighted by Crippen LogP contribution is -2.16. The normalized spacial score (nSPS) is 12.8. The number of hydrogen-bond acceptors (Lipinski definition) is 2. The molecule has 0 spiro atoms. The Balaban J connectivity index is 2.17. The summed E-state index contributed by atoms with van der Waals surface area (Å²) >= 11 is 0. The molecule has 108 valence electrons. The quantitative estimate of drug-likeness (QED) is 0.749. The van der Waals surface area contributed by atoms with Gasteiger partial charge in [-0.2, -0.15) is 0 Å². The second kappa shape index (κ2) is 6.76. The molecule has 0 aliphatic heterocycles. The molecule has 2 nitrogen and oxygen atoms in total. The van der Waals surface area contributed by atoms with E-state index in [-0.39, 0.29) is 12.2 Å². The smallest absolute Gasteiger partial charge is 0.0981 e. The van der Waals surface area contributed by atoms with Crippen LogP contribution in [0.25, 0.3) is 11.1 Å². The van der Waals surface area contributed by atoms with E-state index in [1.54, 1.807) is 12.5 Å². The molecule has 1 aromatic carbocycles. The monoisotopic (exact) mass is 272 g/mol. The molecule has 1 heterocycles. The standard InChI is InChI=1S/C18H24O2/c1-5-16-11-15(10-14(4)20-13(2)3)6-7-18(16)17-8-9-19-12-17/h6-9,11-14H,5,10H2,1-4H3. The van der Waals surface area contributed by atoms with E-state index in [1.807, 2.05) is 6.07 Å². The van der Waals surface area contributed by atoms with Crippen molar-refractivity contribution in [1.82, 2.24) is 0 Å². The van der Waals surface area contributed by atoms with Crippen LogP contribution < -0.4 is 0 Å². The van der Waals surface area contributed by atoms with Gasteiger partial charge in [0, 0.05) is 5.56 Å². The van der Waals surface area contributed by atoms with Crippen molar-refractivity contribution < 1.29 is 9.15 Å². The Morgan fingerprint density at radius 1 is 1.15 bits per heavy atom. The zero-order valence-electron chi connectivity index (χ0n) is 12.8. The first-order chi connectivity index (χ1) is 9.60. The van der Waals surface area contributed by atoms with Crippen LogP contribution in [0.4, 0.5) is 0 Å². The highest BCUT2D eigenvalue weighted by Gasteiger charge is 2.10. The van der Waals surface area contributed by atoms with Gasteiger partial charge in [0.15, 0.2) is 0 Å². The summed E-state index contributed by atoms with van der Waals surface area (Å²) in [6.45, 7) is 8.48. The van der Waals surface area contributed by atoms with E-state index in [9.17, 15) is 0 Å². The predicted molar refractivity (Wildman–Crippen MR) is 82.9 cm³/mol. The van der Waals surface area contributed by atoms with Crippen LogP contribution in [0.5, 0.6) is 0 Å². The summed E-state index contributed by atoms with van der Waals surface area (Å²) in [6.07, 6.45) is 6.03. The molecule has 1 unspecified atom stereocenters. The van der Waals surface area contributed by atoms with Gasteiger partial charge in [-0.3, -0.25) is 0 Å². The Morgan fingerprint density at radius 2 is 1.95 bits per heavy atom. The van der Waals surface area contributed by atoms with E-state index in [4.69, 9.17) is 9.15 Å². The molecule has 0 fully saturated rings. The van der Waals surface area contributed by atoms with Crippen LogP contribution in [0, 0.1) is 0 Å². The molecule has 0 radical (unpaired) electrons. The van der Waals surface area contributed by atoms with Gasteiger partial charge in [-0.15, -0.1) is 0 Å². The van der Waals surface area contributed by atoms with E-state index < -0.39 is 0 Å². The number of benzene rings is 1. The van der Waals surface area contributed by atoms with Gasteiger partial charge in [-0.05, 0) is 56.4 Å². The largest absolute Gasteiger partial charge is 0.472 e. The topological polar surface area (TPSA) is 22.4 Å². The molecule has 0 amide bonds. The minimum Gasteiger partial charge on any atom is -0.472 e. The predicted octanol–water partition coefficient (Wildman–Crippen LogP) is 4.87. The van der Waals surface area contributed by atoms with Gasteiger partial charge < -0.3 is 9.15 Å². The third-order valence-electron chi connectivity index (χ3n) is 3.41. The number of aryl methyl sites for hydroxylation is 1. The molecule has 2 heteroatoms. The van der Waals surface area contributed by atoms with E-state index >= 15 is 0 Å². The van der Waals surface area contributed by atoms with Crippen molar-refractivity contribution in [3.8, 4) is 11.1 Å². The zero-order valence-corrected chi connectivity index (χ0v) is 12.8. The Kier molecular flexibility index (Phi) is 5.02. The van der Waals surface area contributed by atoms with Crippen molar-refractivity contribution in [2.75, 3.05) is 0 Å². The number of furan rings is 1. The lowest BCUT2D eigenvalue weighted by molar-refractivity contribution is 0.0195. The van der Waals surface area contributed by atoms with E-state index in [0.717, 1.165) is 18.4 Å². The van der Waals surface area contributed by atoms with Gasteiger partial charge in [-0.1, -0.05) is 25.1 Å². The van der Waals surface area contributed by atoms with Crippen molar-refractivity contribution in [2.45, 2.75) is 52.7 Å². The lowest BCUT2D eigenvalue weighted by atomic mass is 9.96. The summed E-state index contributed by atoms with van der Waals surface area (Å²) in [7, 11) is 0. The third kappa shape index (κ3) is 3.73. The molecule has 0 N–H and O–H groups in total. The lowest BCUT2D eigenvalue weighted by Gasteiger charge is -2.17. The SMILES string of the molecule is CCc1cc(CC(C)OC(C)C)ccc1-c1ccoc1. The number of hydrogen-bond donors (Lipinski definition) is 0. The first kappa shape index (κ1) is 14.9. The van der Waals surface area contributed by atoms with E-state index in [0.29, 0.717) is 0 Å². The van der Waals surface area contributed by atoms with Crippen LogP contribution in [0.2, 0.25) is 0 Å². The summed E-state index contributed by atoms with van der Waals surface area (Å²) in [4.78, 5) is 0. The maximum atomic E-state index is 5.82. The molecular formula is C18H24O2. The maximum Gasteiger partial charge on any atom is 0.0981 e. The number of ether oxygens (including phenoxy) is 1. The van der Waals surface area contributed by atoms with Crippen LogP contribution in [0.1, 0.15) is 38.8 Å². The molecular weight excluding hydrogens is 248 g/mol. The molecule has 0 bridgehead atoms. The summed E-state index contributed by atoms with van der Waals surface area (Å²) in [5, 5.41) is 0. The van der Waals surface area contributed by atoms with Crippen LogP contribution in [0.15, 0.2) is 41.2 Å². The average Bonchev–Trinajstić information content (AvgIpc) is 2.91. The molecule has 20 heavy (non-hydrogen) atoms. The number of rotatable bonds is 6. The highest BCUT2D eigenvalue weighted by molar-refractivity contribution is 5.66. The first-order valence-corrected chi connectivity index (χ1v) is 7.40. The summed E-state index contributed by atoms with van der Waals surface area (Å²) in [5.41, 5.74) is 5.12. The average molecular weight is 272 g/mol. The molecule has 2 rings (SSSR count). The summed E-state index contributed by atoms with van der Waals surface area (Å²) < 4.78 is 11.0. The molecule has 1 aromatic heterocycles. The minimum absolute atomic E-state index is 0.250. The van der Waals surface area contributed by atoms with Gasteiger partial charge in [0.1, 0.15) is 0 Å². The second-order valence-electron chi connectivity index (χ2n) is 5.56. The van der Waals surface area contributed by atoms with Crippen LogP contribution in [-0.4, -0.2) is 12.2 Å². The van der Waals surface area contributed by atoms with Crippen LogP contribution in [-0.2, 0) is 17.6 Å². The second-order valence-corrected chi connectivity index (χ2v) is 5.56. The van der Waals surface area contributed by atoms with Crippen LogP contribution in [0.3, 0.4) is 0 Å². The minimum atomic E-state index is 0.250. The van der Waals surface area contributed by atoms with Crippen molar-refractivity contribution in [2.24, 2.45) is 0 Å². The highest BCUT2D eigenvalue weighted by Crippen LogP contribution is 2.26. The first-order valence-electron chi connectivity index (χ1n) is 7.40. The van der Waals surface area contributed by atoms with Gasteiger partial charge in [0.25, 0.3) is 0 Å². The van der Waals surface area contributed by atoms with E-state index in [1.165, 1.54) is 16.7 Å². The van der Waals surface area contributed by atoms with Crippen molar-refractivity contribution >= 4 is 0 Å². The van der Waals surface area contributed by atoms with Gasteiger partial charge >= 0.3 is 0 Å². The Morgan fingerprint density at radius 3 is 2.55 bits per heavy atom. The van der Waals surface area contributed by atoms with Crippen molar-refractivity contribution in [1.29, 1.82) is 0 Å². The molecule has 2 aromatic rings. The molecule has 0 aliphatic rings. The maximum absolute atomic E-state index is 5.82. The molecule has 1 atom stereocenters. The Hall–Kier alpha value is -1.54. The van der Waals surface area contributed by atoms with E-state index in [2.05, 4.69) is 45.9 Å². The summed E-state index contributed by atoms with van der Waals surface area (Å²) in [5.74, 6) is 0. The Labute approximate surface area is 121 Å². The van der Waals surface area contributed by atoms with Crippen molar-refractivity contribution in [3.05, 3.63) is 47.9 Å². The molecule has 0 saturated heterocycles.